The molecule has 0 bridgehead atoms. The number of ketones is 2. The van der Waals surface area contributed by atoms with Crippen LogP contribution in [0.25, 0.3) is 0 Å². The molecule has 1 fully saturated rings. The van der Waals surface area contributed by atoms with Gasteiger partial charge in [-0.25, -0.2) is 0 Å². The number of hydrogen-bond acceptors (Lipinski definition) is 10. The number of aromatic hydroxyl groups is 2. The lowest BCUT2D eigenvalue weighted by atomic mass is 9.72. The molecule has 1 saturated heterocycles. The third-order valence-electron chi connectivity index (χ3n) is 7.88. The lowest BCUT2D eigenvalue weighted by Crippen LogP contribution is -2.52. The van der Waals surface area contributed by atoms with Gasteiger partial charge >= 0.3 is 0 Å². The number of phenolic OH excluding ortho intramolecular Hbond substituents is 2. The normalized spacial score (nSPS) is 30.9. The number of benzene rings is 2. The molecule has 198 valence electrons. The first-order chi connectivity index (χ1) is 17.5. The average Bonchev–Trinajstić information content (AvgIpc) is 2.87. The second-order valence-corrected chi connectivity index (χ2v) is 10.1. The van der Waals surface area contributed by atoms with Gasteiger partial charge in [0, 0.05) is 42.0 Å². The first-order valence-electron chi connectivity index (χ1n) is 12.3. The van der Waals surface area contributed by atoms with Crippen molar-refractivity contribution in [2.75, 3.05) is 7.11 Å². The number of nitrogens with two attached hydrogens (primary N) is 1. The van der Waals surface area contributed by atoms with E-state index in [0.29, 0.717) is 6.42 Å². The van der Waals surface area contributed by atoms with Crippen LogP contribution in [0.2, 0.25) is 0 Å². The molecule has 3 aliphatic rings. The molecule has 2 aromatic carbocycles. The van der Waals surface area contributed by atoms with E-state index in [1.54, 1.807) is 19.9 Å². The van der Waals surface area contributed by atoms with E-state index in [1.807, 2.05) is 0 Å². The van der Waals surface area contributed by atoms with Crippen molar-refractivity contribution in [2.24, 2.45) is 5.73 Å². The number of fused-ring (bicyclic) bond motifs is 3. The van der Waals surface area contributed by atoms with E-state index < -0.39 is 59.3 Å². The summed E-state index contributed by atoms with van der Waals surface area (Å²) in [4.78, 5) is 27.1. The van der Waals surface area contributed by atoms with Gasteiger partial charge in [0.1, 0.15) is 17.2 Å². The Balaban J connectivity index is 1.66. The van der Waals surface area contributed by atoms with E-state index in [4.69, 9.17) is 19.9 Å². The molecule has 6 atom stereocenters. The van der Waals surface area contributed by atoms with Crippen molar-refractivity contribution in [3.05, 3.63) is 51.6 Å². The van der Waals surface area contributed by atoms with E-state index in [1.165, 1.54) is 19.2 Å². The molecule has 0 unspecified atom stereocenters. The maximum atomic E-state index is 13.6. The Morgan fingerprint density at radius 1 is 1.14 bits per heavy atom. The largest absolute Gasteiger partial charge is 0.507 e. The minimum absolute atomic E-state index is 0.000101. The maximum absolute atomic E-state index is 13.6. The van der Waals surface area contributed by atoms with E-state index in [2.05, 4.69) is 0 Å². The Kier molecular flexibility index (Phi) is 6.28. The van der Waals surface area contributed by atoms with Crippen LogP contribution in [0.15, 0.2) is 18.2 Å². The van der Waals surface area contributed by atoms with Crippen LogP contribution in [-0.2, 0) is 15.9 Å². The molecule has 6 N–H and O–H groups in total. The predicted octanol–water partition coefficient (Wildman–Crippen LogP) is 1.85. The third kappa shape index (κ3) is 3.91. The molecule has 0 aromatic heterocycles. The minimum Gasteiger partial charge on any atom is -0.507 e. The number of carbonyl (C=O) groups is 2. The van der Waals surface area contributed by atoms with Gasteiger partial charge in [-0.1, -0.05) is 19.1 Å². The highest BCUT2D eigenvalue weighted by Gasteiger charge is 2.47. The van der Waals surface area contributed by atoms with Crippen LogP contribution in [0.4, 0.5) is 0 Å². The van der Waals surface area contributed by atoms with Gasteiger partial charge in [0.25, 0.3) is 0 Å². The van der Waals surface area contributed by atoms with Crippen LogP contribution in [0.5, 0.6) is 17.2 Å². The molecule has 2 aliphatic carbocycles. The summed E-state index contributed by atoms with van der Waals surface area (Å²) >= 11 is 0. The summed E-state index contributed by atoms with van der Waals surface area (Å²) < 4.78 is 17.3. The van der Waals surface area contributed by atoms with Gasteiger partial charge < -0.3 is 40.4 Å². The van der Waals surface area contributed by atoms with Crippen molar-refractivity contribution >= 4 is 11.6 Å². The monoisotopic (exact) mass is 513 g/mol. The molecule has 0 spiro atoms. The summed E-state index contributed by atoms with van der Waals surface area (Å²) in [7, 11) is 1.37. The number of phenols is 2. The topological polar surface area (TPSA) is 169 Å². The van der Waals surface area contributed by atoms with Crippen molar-refractivity contribution in [1.29, 1.82) is 0 Å². The highest BCUT2D eigenvalue weighted by Crippen LogP contribution is 2.52. The highest BCUT2D eigenvalue weighted by atomic mass is 16.7. The van der Waals surface area contributed by atoms with Crippen molar-refractivity contribution in [3.63, 3.8) is 0 Å². The number of aliphatic hydroxyl groups is 2. The number of hydrogen-bond donors (Lipinski definition) is 5. The van der Waals surface area contributed by atoms with Gasteiger partial charge in [-0.3, -0.25) is 9.59 Å². The predicted molar refractivity (Wildman–Crippen MR) is 130 cm³/mol. The van der Waals surface area contributed by atoms with Crippen LogP contribution in [-0.4, -0.2) is 69.2 Å². The highest BCUT2D eigenvalue weighted by molar-refractivity contribution is 6.31. The molecule has 0 radical (unpaired) electrons. The van der Waals surface area contributed by atoms with Crippen molar-refractivity contribution in [3.8, 4) is 17.2 Å². The first kappa shape index (κ1) is 25.6. The summed E-state index contributed by atoms with van der Waals surface area (Å²) in [5.41, 5.74) is 4.39. The zero-order valence-corrected chi connectivity index (χ0v) is 20.9. The summed E-state index contributed by atoms with van der Waals surface area (Å²) in [6.45, 7) is 3.44. The summed E-state index contributed by atoms with van der Waals surface area (Å²) in [5.74, 6) is -2.09. The first-order valence-corrected chi connectivity index (χ1v) is 12.3. The third-order valence-corrected chi connectivity index (χ3v) is 7.88. The Morgan fingerprint density at radius 2 is 1.84 bits per heavy atom. The summed E-state index contributed by atoms with van der Waals surface area (Å²) in [6.07, 6.45) is -2.93. The van der Waals surface area contributed by atoms with Gasteiger partial charge in [0.2, 0.25) is 5.78 Å². The molecule has 1 aliphatic heterocycles. The average molecular weight is 514 g/mol. The van der Waals surface area contributed by atoms with Crippen molar-refractivity contribution in [1.82, 2.24) is 0 Å². The second-order valence-electron chi connectivity index (χ2n) is 10.1. The molecule has 10 nitrogen and oxygen atoms in total. The van der Waals surface area contributed by atoms with Crippen LogP contribution in [0.1, 0.15) is 82.2 Å². The Morgan fingerprint density at radius 3 is 2.49 bits per heavy atom. The molecule has 37 heavy (non-hydrogen) atoms. The van der Waals surface area contributed by atoms with Gasteiger partial charge in [0.05, 0.1) is 47.7 Å². The number of aliphatic hydroxyl groups excluding tert-OH is 1. The van der Waals surface area contributed by atoms with E-state index in [0.717, 1.165) is 0 Å². The fourth-order valence-electron chi connectivity index (χ4n) is 5.74. The fourth-order valence-corrected chi connectivity index (χ4v) is 5.74. The molecule has 2 aromatic rings. The van der Waals surface area contributed by atoms with Gasteiger partial charge in [-0.15, -0.1) is 0 Å². The lowest BCUT2D eigenvalue weighted by Gasteiger charge is -2.42. The fraction of sp³-hybridized carbons (Fsp3) is 0.481. The standard InChI is InChI=1S/C27H31NO9/c1-4-27(34)9-13-19(16(10-27)37-17-8-14(28)22(29)11(2)36-17)26(33)21-20(24(13)31)23(30)12-6-5-7-15(35-3)18(12)25(21)32/h5-7,11,14,16-17,22,29,31,33-34H,4,8-10,28H2,1-3H3/t11-,14-,16-,17-,22+,27-/m0/s1. The van der Waals surface area contributed by atoms with E-state index in [9.17, 15) is 30.0 Å². The lowest BCUT2D eigenvalue weighted by molar-refractivity contribution is -0.247. The molecule has 1 heterocycles. The number of carbonyl (C=O) groups excluding carboxylic acids is 2. The number of methoxy groups -OCH3 is 1. The maximum Gasteiger partial charge on any atom is 0.202 e. The van der Waals surface area contributed by atoms with Crippen LogP contribution in [0, 0.1) is 0 Å². The van der Waals surface area contributed by atoms with Gasteiger partial charge in [-0.2, -0.15) is 0 Å². The zero-order chi connectivity index (χ0) is 26.8. The second kappa shape index (κ2) is 9.07. The number of ether oxygens (including phenoxy) is 3. The minimum atomic E-state index is -1.32. The molecular formula is C27H31NO9. The SMILES string of the molecule is CC[C@]1(O)Cc2c(O)c3c(c(O)c2[C@@H](O[C@H]2C[C@H](N)[C@H](O)[C@H](C)O2)C1)C(=O)c1c(OC)cccc1C3=O. The van der Waals surface area contributed by atoms with E-state index >= 15 is 0 Å². The number of rotatable bonds is 4. The molecular weight excluding hydrogens is 482 g/mol. The smallest absolute Gasteiger partial charge is 0.202 e. The van der Waals surface area contributed by atoms with Crippen molar-refractivity contribution < 1.29 is 44.2 Å². The van der Waals surface area contributed by atoms with Gasteiger partial charge in [0.15, 0.2) is 12.1 Å². The van der Waals surface area contributed by atoms with Gasteiger partial charge in [-0.05, 0) is 19.4 Å². The van der Waals surface area contributed by atoms with Crippen LogP contribution < -0.4 is 10.5 Å². The van der Waals surface area contributed by atoms with Crippen LogP contribution >= 0.6 is 0 Å². The van der Waals surface area contributed by atoms with Crippen LogP contribution in [0.3, 0.4) is 0 Å². The zero-order valence-electron chi connectivity index (χ0n) is 20.9. The summed E-state index contributed by atoms with van der Waals surface area (Å²) in [5, 5.41) is 44.3. The summed E-state index contributed by atoms with van der Waals surface area (Å²) in [6, 6.07) is 3.95. The van der Waals surface area contributed by atoms with Crippen molar-refractivity contribution in [2.45, 2.75) is 75.8 Å². The Bertz CT molecular complexity index is 1280. The Labute approximate surface area is 213 Å². The molecule has 5 rings (SSSR count). The molecule has 0 saturated carbocycles. The van der Waals surface area contributed by atoms with E-state index in [-0.39, 0.29) is 58.4 Å². The molecule has 0 amide bonds. The Hall–Kier alpha value is -3.02. The molecule has 10 heteroatoms. The quantitative estimate of drug-likeness (QED) is 0.325.